The van der Waals surface area contributed by atoms with Gasteiger partial charge in [0.05, 0.1) is 5.54 Å². The van der Waals surface area contributed by atoms with Gasteiger partial charge >= 0.3 is 5.97 Å². The van der Waals surface area contributed by atoms with Crippen molar-refractivity contribution in [3.05, 3.63) is 0 Å². The van der Waals surface area contributed by atoms with E-state index in [4.69, 9.17) is 5.11 Å². The first kappa shape index (κ1) is 13.3. The molecule has 0 aromatic carbocycles. The molecule has 1 aliphatic heterocycles. The van der Waals surface area contributed by atoms with E-state index in [1.807, 2.05) is 0 Å². The molecular formula is C10H18N2O3S. The first-order chi connectivity index (χ1) is 7.40. The van der Waals surface area contributed by atoms with Gasteiger partial charge in [0.2, 0.25) is 5.91 Å². The summed E-state index contributed by atoms with van der Waals surface area (Å²) in [5, 5.41) is 12.0. The number of carboxylic acid groups (broad SMARTS) is 1. The zero-order valence-electron chi connectivity index (χ0n) is 9.82. The number of likely N-dealkylation sites (N-methyl/N-ethyl adjacent to an activating group) is 1. The third kappa shape index (κ3) is 2.68. The maximum Gasteiger partial charge on any atom is 0.327 e. The van der Waals surface area contributed by atoms with Crippen molar-refractivity contribution in [2.45, 2.75) is 25.4 Å². The standard InChI is InChI=1S/C10H18N2O3S/c1-10(2,11-3)9(15)12-4-5-16-6-7(12)8(13)14/h7,11H,4-6H2,1-3H3,(H,13,14). The van der Waals surface area contributed by atoms with E-state index in [1.54, 1.807) is 32.7 Å². The Morgan fingerprint density at radius 1 is 1.50 bits per heavy atom. The van der Waals surface area contributed by atoms with Crippen LogP contribution in [-0.2, 0) is 9.59 Å². The molecule has 0 radical (unpaired) electrons. The molecule has 0 bridgehead atoms. The van der Waals surface area contributed by atoms with Crippen molar-refractivity contribution in [2.75, 3.05) is 25.1 Å². The molecule has 1 unspecified atom stereocenters. The fourth-order valence-electron chi connectivity index (χ4n) is 1.52. The molecule has 1 fully saturated rings. The Balaban J connectivity index is 2.83. The van der Waals surface area contributed by atoms with E-state index in [1.165, 1.54) is 4.90 Å². The third-order valence-electron chi connectivity index (χ3n) is 2.83. The van der Waals surface area contributed by atoms with Gasteiger partial charge in [0, 0.05) is 18.1 Å². The minimum absolute atomic E-state index is 0.150. The normalized spacial score (nSPS) is 21.9. The molecule has 1 amide bonds. The van der Waals surface area contributed by atoms with Gasteiger partial charge in [-0.15, -0.1) is 0 Å². The number of carboxylic acids is 1. The van der Waals surface area contributed by atoms with Crippen LogP contribution in [0.15, 0.2) is 0 Å². The van der Waals surface area contributed by atoms with Gasteiger partial charge < -0.3 is 15.3 Å². The molecule has 6 heteroatoms. The number of amides is 1. The number of thioether (sulfide) groups is 1. The molecule has 0 spiro atoms. The molecule has 92 valence electrons. The van der Waals surface area contributed by atoms with Crippen LogP contribution in [0.4, 0.5) is 0 Å². The molecule has 1 aliphatic rings. The Morgan fingerprint density at radius 3 is 2.62 bits per heavy atom. The second kappa shape index (κ2) is 5.05. The lowest BCUT2D eigenvalue weighted by molar-refractivity contribution is -0.151. The van der Waals surface area contributed by atoms with E-state index < -0.39 is 17.6 Å². The zero-order chi connectivity index (χ0) is 12.3. The Kier molecular flexibility index (Phi) is 4.21. The lowest BCUT2D eigenvalue weighted by Crippen LogP contribution is -2.59. The highest BCUT2D eigenvalue weighted by Crippen LogP contribution is 2.20. The molecule has 1 saturated heterocycles. The maximum atomic E-state index is 12.2. The number of carbonyl (C=O) groups excluding carboxylic acids is 1. The highest BCUT2D eigenvalue weighted by Gasteiger charge is 2.38. The number of hydrogen-bond donors (Lipinski definition) is 2. The second-order valence-corrected chi connectivity index (χ2v) is 5.45. The minimum atomic E-state index is -0.924. The topological polar surface area (TPSA) is 69.6 Å². The first-order valence-electron chi connectivity index (χ1n) is 5.20. The van der Waals surface area contributed by atoms with Crippen LogP contribution < -0.4 is 5.32 Å². The third-order valence-corrected chi connectivity index (χ3v) is 3.86. The van der Waals surface area contributed by atoms with Crippen LogP contribution in [0.1, 0.15) is 13.8 Å². The summed E-state index contributed by atoms with van der Waals surface area (Å²) < 4.78 is 0. The van der Waals surface area contributed by atoms with E-state index in [-0.39, 0.29) is 5.91 Å². The van der Waals surface area contributed by atoms with Crippen molar-refractivity contribution < 1.29 is 14.7 Å². The summed E-state index contributed by atoms with van der Waals surface area (Å²) in [6.45, 7) is 4.03. The molecular weight excluding hydrogens is 228 g/mol. The summed E-state index contributed by atoms with van der Waals surface area (Å²) in [5.74, 6) is 0.200. The second-order valence-electron chi connectivity index (χ2n) is 4.30. The van der Waals surface area contributed by atoms with Gasteiger partial charge in [-0.3, -0.25) is 4.79 Å². The van der Waals surface area contributed by atoms with Crippen LogP contribution in [-0.4, -0.2) is 58.6 Å². The van der Waals surface area contributed by atoms with Gasteiger partial charge in [-0.25, -0.2) is 4.79 Å². The van der Waals surface area contributed by atoms with Crippen molar-refractivity contribution in [1.29, 1.82) is 0 Å². The first-order valence-corrected chi connectivity index (χ1v) is 6.36. The number of rotatable bonds is 3. The van der Waals surface area contributed by atoms with E-state index in [2.05, 4.69) is 5.32 Å². The number of carbonyl (C=O) groups is 2. The minimum Gasteiger partial charge on any atom is -0.480 e. The van der Waals surface area contributed by atoms with Crippen molar-refractivity contribution in [3.8, 4) is 0 Å². The van der Waals surface area contributed by atoms with Gasteiger partial charge in [0.15, 0.2) is 0 Å². The average molecular weight is 246 g/mol. The molecule has 0 aliphatic carbocycles. The van der Waals surface area contributed by atoms with Gasteiger partial charge in [0.25, 0.3) is 0 Å². The fourth-order valence-corrected chi connectivity index (χ4v) is 2.56. The van der Waals surface area contributed by atoms with Crippen molar-refractivity contribution >= 4 is 23.6 Å². The van der Waals surface area contributed by atoms with Gasteiger partial charge in [0.1, 0.15) is 6.04 Å². The molecule has 0 aromatic heterocycles. The molecule has 2 N–H and O–H groups in total. The van der Waals surface area contributed by atoms with Gasteiger partial charge in [-0.1, -0.05) is 0 Å². The summed E-state index contributed by atoms with van der Waals surface area (Å²) in [6.07, 6.45) is 0. The molecule has 1 rings (SSSR count). The van der Waals surface area contributed by atoms with Crippen molar-refractivity contribution in [3.63, 3.8) is 0 Å². The van der Waals surface area contributed by atoms with E-state index in [9.17, 15) is 9.59 Å². The van der Waals surface area contributed by atoms with Crippen LogP contribution in [0.2, 0.25) is 0 Å². The smallest absolute Gasteiger partial charge is 0.327 e. The predicted molar refractivity (Wildman–Crippen MR) is 63.6 cm³/mol. The Bertz CT molecular complexity index is 294. The van der Waals surface area contributed by atoms with Crippen LogP contribution in [0, 0.1) is 0 Å². The number of nitrogens with one attached hydrogen (secondary N) is 1. The predicted octanol–water partition coefficient (Wildman–Crippen LogP) is 0.0130. The zero-order valence-corrected chi connectivity index (χ0v) is 10.6. The van der Waals surface area contributed by atoms with Crippen molar-refractivity contribution in [1.82, 2.24) is 10.2 Å². The largest absolute Gasteiger partial charge is 0.480 e. The monoisotopic (exact) mass is 246 g/mol. The van der Waals surface area contributed by atoms with Crippen LogP contribution in [0.3, 0.4) is 0 Å². The van der Waals surface area contributed by atoms with E-state index in [0.29, 0.717) is 12.3 Å². The highest BCUT2D eigenvalue weighted by atomic mass is 32.2. The quantitative estimate of drug-likeness (QED) is 0.734. The summed E-state index contributed by atoms with van der Waals surface area (Å²) >= 11 is 1.58. The van der Waals surface area contributed by atoms with Crippen LogP contribution in [0.5, 0.6) is 0 Å². The lowest BCUT2D eigenvalue weighted by Gasteiger charge is -2.37. The summed E-state index contributed by atoms with van der Waals surface area (Å²) in [4.78, 5) is 24.7. The van der Waals surface area contributed by atoms with Crippen LogP contribution >= 0.6 is 11.8 Å². The number of hydrogen-bond acceptors (Lipinski definition) is 4. The molecule has 16 heavy (non-hydrogen) atoms. The number of aliphatic carboxylic acids is 1. The molecule has 0 saturated carbocycles. The SMILES string of the molecule is CNC(C)(C)C(=O)N1CCSCC1C(=O)O. The lowest BCUT2D eigenvalue weighted by atomic mass is 10.0. The Labute approximate surface area is 99.6 Å². The highest BCUT2D eigenvalue weighted by molar-refractivity contribution is 7.99. The summed E-state index contributed by atoms with van der Waals surface area (Å²) in [6, 6.07) is -0.695. The van der Waals surface area contributed by atoms with E-state index >= 15 is 0 Å². The maximum absolute atomic E-state index is 12.2. The average Bonchev–Trinajstić information content (AvgIpc) is 2.28. The van der Waals surface area contributed by atoms with Crippen LogP contribution in [0.25, 0.3) is 0 Å². The summed E-state index contributed by atoms with van der Waals surface area (Å²) in [7, 11) is 1.70. The van der Waals surface area contributed by atoms with E-state index in [0.717, 1.165) is 5.75 Å². The van der Waals surface area contributed by atoms with Gasteiger partial charge in [-0.05, 0) is 20.9 Å². The molecule has 0 aromatic rings. The molecule has 5 nitrogen and oxygen atoms in total. The van der Waals surface area contributed by atoms with Gasteiger partial charge in [-0.2, -0.15) is 11.8 Å². The Hall–Kier alpha value is -0.750. The molecule has 1 heterocycles. The molecule has 1 atom stereocenters. The number of nitrogens with zero attached hydrogens (tertiary/aromatic N) is 1. The summed E-state index contributed by atoms with van der Waals surface area (Å²) in [5.41, 5.74) is -0.713. The fraction of sp³-hybridized carbons (Fsp3) is 0.800. The Morgan fingerprint density at radius 2 is 2.12 bits per heavy atom. The van der Waals surface area contributed by atoms with Crippen molar-refractivity contribution in [2.24, 2.45) is 0 Å².